The van der Waals surface area contributed by atoms with E-state index in [0.717, 1.165) is 43.9 Å². The average Bonchev–Trinajstić information content (AvgIpc) is 2.71. The number of hydrogen-bond donors (Lipinski definition) is 1. The predicted molar refractivity (Wildman–Crippen MR) is 120 cm³/mol. The van der Waals surface area contributed by atoms with Gasteiger partial charge in [0.25, 0.3) is 0 Å². The molecule has 0 aliphatic carbocycles. The molecule has 0 unspecified atom stereocenters. The third-order valence-corrected chi connectivity index (χ3v) is 6.59. The molecule has 0 atom stereocenters. The molecule has 164 valence electrons. The molecule has 0 saturated heterocycles. The standard InChI is InChI=1S/C22H31N3O4S/c1-17-8-9-18(2)21(15-17)25(30(27,28)24(3)4)16-22(26)23-14-6-7-19-10-12-20(29-5)13-11-19/h8-13,15H,6-7,14,16H2,1-5H3,(H,23,26). The normalized spacial score (nSPS) is 11.4. The van der Waals surface area contributed by atoms with Crippen LogP contribution in [0.1, 0.15) is 23.1 Å². The number of benzene rings is 2. The Labute approximate surface area is 179 Å². The summed E-state index contributed by atoms with van der Waals surface area (Å²) in [5, 5.41) is 2.83. The SMILES string of the molecule is COc1ccc(CCCNC(=O)CN(c2cc(C)ccc2C)S(=O)(=O)N(C)C)cc1. The van der Waals surface area contributed by atoms with Crippen molar-refractivity contribution in [3.63, 3.8) is 0 Å². The van der Waals surface area contributed by atoms with E-state index < -0.39 is 10.2 Å². The molecule has 1 amide bonds. The first-order valence-corrected chi connectivity index (χ1v) is 11.2. The second-order valence-electron chi connectivity index (χ2n) is 7.39. The Hall–Kier alpha value is -2.58. The second kappa shape index (κ2) is 10.4. The van der Waals surface area contributed by atoms with Crippen LogP contribution in [-0.2, 0) is 21.4 Å². The summed E-state index contributed by atoms with van der Waals surface area (Å²) in [6, 6.07) is 13.4. The van der Waals surface area contributed by atoms with Gasteiger partial charge in [-0.05, 0) is 61.6 Å². The molecule has 2 aromatic carbocycles. The zero-order valence-electron chi connectivity index (χ0n) is 18.3. The Morgan fingerprint density at radius 1 is 1.07 bits per heavy atom. The van der Waals surface area contributed by atoms with Crippen LogP contribution in [-0.4, -0.2) is 52.9 Å². The summed E-state index contributed by atoms with van der Waals surface area (Å²) in [7, 11) is 0.732. The van der Waals surface area contributed by atoms with E-state index in [4.69, 9.17) is 4.74 Å². The van der Waals surface area contributed by atoms with Crippen LogP contribution in [0.3, 0.4) is 0 Å². The van der Waals surface area contributed by atoms with Crippen molar-refractivity contribution in [2.45, 2.75) is 26.7 Å². The van der Waals surface area contributed by atoms with Gasteiger partial charge in [-0.2, -0.15) is 12.7 Å². The predicted octanol–water partition coefficient (Wildman–Crippen LogP) is 2.67. The van der Waals surface area contributed by atoms with Gasteiger partial charge in [-0.15, -0.1) is 0 Å². The molecular formula is C22H31N3O4S. The van der Waals surface area contributed by atoms with E-state index in [2.05, 4.69) is 5.32 Å². The van der Waals surface area contributed by atoms with Crippen LogP contribution in [0, 0.1) is 13.8 Å². The summed E-state index contributed by atoms with van der Waals surface area (Å²) in [6.07, 6.45) is 1.56. The number of carbonyl (C=O) groups excluding carboxylic acids is 1. The highest BCUT2D eigenvalue weighted by molar-refractivity contribution is 7.90. The van der Waals surface area contributed by atoms with E-state index in [0.29, 0.717) is 12.2 Å². The molecule has 1 N–H and O–H groups in total. The lowest BCUT2D eigenvalue weighted by atomic mass is 10.1. The van der Waals surface area contributed by atoms with Gasteiger partial charge in [0.1, 0.15) is 12.3 Å². The van der Waals surface area contributed by atoms with Crippen LogP contribution in [0.25, 0.3) is 0 Å². The maximum absolute atomic E-state index is 12.9. The molecule has 2 rings (SSSR count). The number of nitrogens with zero attached hydrogens (tertiary/aromatic N) is 2. The molecule has 8 heteroatoms. The van der Waals surface area contributed by atoms with Gasteiger partial charge in [-0.3, -0.25) is 4.79 Å². The Balaban J connectivity index is 2.01. The van der Waals surface area contributed by atoms with Crippen molar-refractivity contribution in [1.29, 1.82) is 0 Å². The number of rotatable bonds is 10. The molecule has 2 aromatic rings. The summed E-state index contributed by atoms with van der Waals surface area (Å²) >= 11 is 0. The number of amides is 1. The average molecular weight is 434 g/mol. The van der Waals surface area contributed by atoms with E-state index in [9.17, 15) is 13.2 Å². The maximum atomic E-state index is 12.9. The number of hydrogen-bond acceptors (Lipinski definition) is 4. The first kappa shape index (κ1) is 23.7. The van der Waals surface area contributed by atoms with Crippen LogP contribution in [0.2, 0.25) is 0 Å². The van der Waals surface area contributed by atoms with Gasteiger partial charge >= 0.3 is 10.2 Å². The fourth-order valence-electron chi connectivity index (χ4n) is 2.98. The van der Waals surface area contributed by atoms with Crippen LogP contribution in [0.4, 0.5) is 5.69 Å². The smallest absolute Gasteiger partial charge is 0.304 e. The summed E-state index contributed by atoms with van der Waals surface area (Å²) in [5.74, 6) is 0.469. The molecule has 0 heterocycles. The van der Waals surface area contributed by atoms with Crippen molar-refractivity contribution in [2.24, 2.45) is 0 Å². The molecule has 0 bridgehead atoms. The van der Waals surface area contributed by atoms with Crippen LogP contribution >= 0.6 is 0 Å². The van der Waals surface area contributed by atoms with E-state index >= 15 is 0 Å². The fourth-order valence-corrected chi connectivity index (χ4v) is 4.10. The molecule has 0 spiro atoms. The fraction of sp³-hybridized carbons (Fsp3) is 0.409. The number of aryl methyl sites for hydroxylation is 3. The highest BCUT2D eigenvalue weighted by Crippen LogP contribution is 2.25. The molecule has 7 nitrogen and oxygen atoms in total. The maximum Gasteiger partial charge on any atom is 0.304 e. The lowest BCUT2D eigenvalue weighted by Crippen LogP contribution is -2.46. The van der Waals surface area contributed by atoms with E-state index in [1.807, 2.05) is 50.2 Å². The first-order chi connectivity index (χ1) is 14.1. The van der Waals surface area contributed by atoms with E-state index in [1.54, 1.807) is 13.2 Å². The van der Waals surface area contributed by atoms with Crippen molar-refractivity contribution < 1.29 is 17.9 Å². The third kappa shape index (κ3) is 6.21. The van der Waals surface area contributed by atoms with Crippen LogP contribution in [0.15, 0.2) is 42.5 Å². The third-order valence-electron chi connectivity index (χ3n) is 4.78. The molecule has 0 saturated carbocycles. The molecule has 30 heavy (non-hydrogen) atoms. The van der Waals surface area contributed by atoms with Gasteiger partial charge < -0.3 is 10.1 Å². The molecule has 0 radical (unpaired) electrons. The van der Waals surface area contributed by atoms with Crippen molar-refractivity contribution in [2.75, 3.05) is 38.6 Å². The van der Waals surface area contributed by atoms with Gasteiger partial charge in [-0.1, -0.05) is 24.3 Å². The van der Waals surface area contributed by atoms with Crippen molar-refractivity contribution in [1.82, 2.24) is 9.62 Å². The van der Waals surface area contributed by atoms with Crippen molar-refractivity contribution >= 4 is 21.8 Å². The highest BCUT2D eigenvalue weighted by atomic mass is 32.2. The number of anilines is 1. The van der Waals surface area contributed by atoms with Gasteiger partial charge in [0.15, 0.2) is 0 Å². The van der Waals surface area contributed by atoms with Gasteiger partial charge in [0.05, 0.1) is 12.8 Å². The number of nitrogens with one attached hydrogen (secondary N) is 1. The zero-order valence-corrected chi connectivity index (χ0v) is 19.1. The summed E-state index contributed by atoms with van der Waals surface area (Å²) in [5.41, 5.74) is 3.38. The molecule has 0 aromatic heterocycles. The molecule has 0 fully saturated rings. The van der Waals surface area contributed by atoms with Gasteiger partial charge in [-0.25, -0.2) is 4.31 Å². The van der Waals surface area contributed by atoms with Gasteiger partial charge in [0, 0.05) is 20.6 Å². The first-order valence-electron chi connectivity index (χ1n) is 9.82. The minimum Gasteiger partial charge on any atom is -0.497 e. The Morgan fingerprint density at radius 3 is 2.33 bits per heavy atom. The number of carbonyl (C=O) groups is 1. The molecule has 0 aliphatic rings. The lowest BCUT2D eigenvalue weighted by molar-refractivity contribution is -0.119. The van der Waals surface area contributed by atoms with Crippen molar-refractivity contribution in [3.05, 3.63) is 59.2 Å². The molecule has 0 aliphatic heterocycles. The Morgan fingerprint density at radius 2 is 1.73 bits per heavy atom. The summed E-state index contributed by atoms with van der Waals surface area (Å²) < 4.78 is 33.1. The topological polar surface area (TPSA) is 79.0 Å². The van der Waals surface area contributed by atoms with E-state index in [1.165, 1.54) is 14.1 Å². The molecular weight excluding hydrogens is 402 g/mol. The number of methoxy groups -OCH3 is 1. The quantitative estimate of drug-likeness (QED) is 0.585. The monoisotopic (exact) mass is 433 g/mol. The van der Waals surface area contributed by atoms with Crippen molar-refractivity contribution in [3.8, 4) is 5.75 Å². The largest absolute Gasteiger partial charge is 0.497 e. The Bertz CT molecular complexity index is 957. The zero-order chi connectivity index (χ0) is 22.3. The van der Waals surface area contributed by atoms with Crippen LogP contribution < -0.4 is 14.4 Å². The minimum atomic E-state index is -3.81. The number of ether oxygens (including phenoxy) is 1. The second-order valence-corrected chi connectivity index (χ2v) is 9.46. The Kier molecular flexibility index (Phi) is 8.25. The highest BCUT2D eigenvalue weighted by Gasteiger charge is 2.28. The lowest BCUT2D eigenvalue weighted by Gasteiger charge is -2.28. The summed E-state index contributed by atoms with van der Waals surface area (Å²) in [4.78, 5) is 12.5. The summed E-state index contributed by atoms with van der Waals surface area (Å²) in [6.45, 7) is 3.92. The van der Waals surface area contributed by atoms with Crippen LogP contribution in [0.5, 0.6) is 5.75 Å². The minimum absolute atomic E-state index is 0.270. The van der Waals surface area contributed by atoms with E-state index in [-0.39, 0.29) is 12.5 Å². The van der Waals surface area contributed by atoms with Gasteiger partial charge in [0.2, 0.25) is 5.91 Å².